The molecule has 0 saturated heterocycles. The van der Waals surface area contributed by atoms with E-state index in [1.807, 2.05) is 26.1 Å². The van der Waals surface area contributed by atoms with Crippen molar-refractivity contribution < 1.29 is 5.11 Å². The minimum absolute atomic E-state index is 0.182. The van der Waals surface area contributed by atoms with Crippen molar-refractivity contribution in [3.8, 4) is 0 Å². The Morgan fingerprint density at radius 1 is 1.46 bits per heavy atom. The lowest BCUT2D eigenvalue weighted by atomic mass is 10.1. The Labute approximate surface area is 79.6 Å². The van der Waals surface area contributed by atoms with Gasteiger partial charge >= 0.3 is 0 Å². The van der Waals surface area contributed by atoms with Crippen LogP contribution in [0.25, 0.3) is 0 Å². The first-order chi connectivity index (χ1) is 6.18. The van der Waals surface area contributed by atoms with Crippen molar-refractivity contribution in [1.82, 2.24) is 4.98 Å². The van der Waals surface area contributed by atoms with E-state index in [1.54, 1.807) is 0 Å². The van der Waals surface area contributed by atoms with Gasteiger partial charge in [-0.2, -0.15) is 0 Å². The Morgan fingerprint density at radius 3 is 2.77 bits per heavy atom. The molecule has 2 heteroatoms. The maximum atomic E-state index is 9.06. The van der Waals surface area contributed by atoms with Crippen LogP contribution in [0.1, 0.15) is 31.0 Å². The van der Waals surface area contributed by atoms with E-state index < -0.39 is 0 Å². The number of aliphatic hydroxyl groups excluding tert-OH is 1. The highest BCUT2D eigenvalue weighted by atomic mass is 16.3. The summed E-state index contributed by atoms with van der Waals surface area (Å²) in [5.41, 5.74) is 2.31. The third-order valence-electron chi connectivity index (χ3n) is 2.06. The molecule has 0 bridgehead atoms. The van der Waals surface area contributed by atoms with Crippen LogP contribution in [-0.4, -0.2) is 16.2 Å². The van der Waals surface area contributed by atoms with Gasteiger partial charge in [-0.15, -0.1) is 0 Å². The third-order valence-corrected chi connectivity index (χ3v) is 2.06. The predicted molar refractivity (Wildman–Crippen MR) is 53.6 cm³/mol. The quantitative estimate of drug-likeness (QED) is 0.767. The summed E-state index contributed by atoms with van der Waals surface area (Å²) in [6.07, 6.45) is 4.64. The van der Waals surface area contributed by atoms with Gasteiger partial charge in [-0.05, 0) is 44.7 Å². The largest absolute Gasteiger partial charge is 0.393 e. The zero-order valence-electron chi connectivity index (χ0n) is 8.33. The monoisotopic (exact) mass is 179 g/mol. The number of hydrogen-bond donors (Lipinski definition) is 1. The van der Waals surface area contributed by atoms with Gasteiger partial charge in [0.2, 0.25) is 0 Å². The summed E-state index contributed by atoms with van der Waals surface area (Å²) in [4.78, 5) is 4.21. The van der Waals surface area contributed by atoms with Crippen LogP contribution in [0.2, 0.25) is 0 Å². The van der Waals surface area contributed by atoms with Crippen molar-refractivity contribution in [3.05, 3.63) is 29.6 Å². The molecule has 0 aliphatic rings. The number of aromatic nitrogens is 1. The highest BCUT2D eigenvalue weighted by Crippen LogP contribution is 2.06. The molecule has 1 aromatic rings. The van der Waals surface area contributed by atoms with Crippen LogP contribution >= 0.6 is 0 Å². The molecule has 0 fully saturated rings. The fraction of sp³-hybridized carbons (Fsp3) is 0.545. The van der Waals surface area contributed by atoms with E-state index in [0.717, 1.165) is 25.0 Å². The van der Waals surface area contributed by atoms with Crippen molar-refractivity contribution in [2.45, 2.75) is 39.2 Å². The summed E-state index contributed by atoms with van der Waals surface area (Å²) in [5.74, 6) is 0. The highest BCUT2D eigenvalue weighted by molar-refractivity contribution is 5.12. The van der Waals surface area contributed by atoms with E-state index in [4.69, 9.17) is 5.11 Å². The summed E-state index contributed by atoms with van der Waals surface area (Å²) in [7, 11) is 0. The number of rotatable bonds is 4. The van der Waals surface area contributed by atoms with Crippen LogP contribution in [0.3, 0.4) is 0 Å². The average Bonchev–Trinajstić information content (AvgIpc) is 2.08. The van der Waals surface area contributed by atoms with Gasteiger partial charge in [-0.25, -0.2) is 0 Å². The molecular weight excluding hydrogens is 162 g/mol. The Bertz CT molecular complexity index is 241. The normalized spacial score (nSPS) is 12.8. The van der Waals surface area contributed by atoms with Crippen LogP contribution < -0.4 is 0 Å². The van der Waals surface area contributed by atoms with Gasteiger partial charge in [0, 0.05) is 11.9 Å². The second-order valence-electron chi connectivity index (χ2n) is 3.55. The third kappa shape index (κ3) is 4.04. The number of aryl methyl sites for hydroxylation is 2. The van der Waals surface area contributed by atoms with Gasteiger partial charge in [-0.1, -0.05) is 6.07 Å². The van der Waals surface area contributed by atoms with Crippen LogP contribution in [-0.2, 0) is 6.42 Å². The van der Waals surface area contributed by atoms with E-state index >= 15 is 0 Å². The summed E-state index contributed by atoms with van der Waals surface area (Å²) in [6.45, 7) is 3.81. The van der Waals surface area contributed by atoms with Crippen LogP contribution in [0, 0.1) is 6.92 Å². The van der Waals surface area contributed by atoms with E-state index in [0.29, 0.717) is 0 Å². The van der Waals surface area contributed by atoms with Crippen molar-refractivity contribution in [3.63, 3.8) is 0 Å². The lowest BCUT2D eigenvalue weighted by Crippen LogP contribution is -2.00. The molecule has 1 N–H and O–H groups in total. The van der Waals surface area contributed by atoms with Gasteiger partial charge in [0.1, 0.15) is 0 Å². The molecule has 0 amide bonds. The SMILES string of the molecule is Cc1ccc(CCCC(C)O)cn1. The summed E-state index contributed by atoms with van der Waals surface area (Å²) in [5, 5.41) is 9.06. The van der Waals surface area contributed by atoms with Crippen molar-refractivity contribution in [2.24, 2.45) is 0 Å². The number of aliphatic hydroxyl groups is 1. The van der Waals surface area contributed by atoms with E-state index in [2.05, 4.69) is 11.1 Å². The Balaban J connectivity index is 2.33. The Morgan fingerprint density at radius 2 is 2.23 bits per heavy atom. The molecule has 0 aliphatic heterocycles. The second kappa shape index (κ2) is 4.97. The lowest BCUT2D eigenvalue weighted by Gasteiger charge is -2.03. The first-order valence-corrected chi connectivity index (χ1v) is 4.78. The minimum Gasteiger partial charge on any atom is -0.393 e. The van der Waals surface area contributed by atoms with Crippen LogP contribution in [0.5, 0.6) is 0 Å². The maximum Gasteiger partial charge on any atom is 0.0512 e. The summed E-state index contributed by atoms with van der Waals surface area (Å²) in [6, 6.07) is 4.13. The van der Waals surface area contributed by atoms with Crippen LogP contribution in [0.15, 0.2) is 18.3 Å². The van der Waals surface area contributed by atoms with Crippen molar-refractivity contribution in [1.29, 1.82) is 0 Å². The first-order valence-electron chi connectivity index (χ1n) is 4.78. The molecule has 1 atom stereocenters. The fourth-order valence-corrected chi connectivity index (χ4v) is 1.25. The lowest BCUT2D eigenvalue weighted by molar-refractivity contribution is 0.181. The molecule has 0 radical (unpaired) electrons. The van der Waals surface area contributed by atoms with E-state index in [1.165, 1.54) is 5.56 Å². The van der Waals surface area contributed by atoms with Gasteiger partial charge in [0.15, 0.2) is 0 Å². The molecule has 0 saturated carbocycles. The van der Waals surface area contributed by atoms with Crippen molar-refractivity contribution >= 4 is 0 Å². The van der Waals surface area contributed by atoms with Gasteiger partial charge in [0.05, 0.1) is 6.10 Å². The van der Waals surface area contributed by atoms with E-state index in [-0.39, 0.29) is 6.10 Å². The first kappa shape index (κ1) is 10.2. The number of hydrogen-bond acceptors (Lipinski definition) is 2. The number of nitrogens with zero attached hydrogens (tertiary/aromatic N) is 1. The molecule has 1 rings (SSSR count). The van der Waals surface area contributed by atoms with Gasteiger partial charge in [0.25, 0.3) is 0 Å². The smallest absolute Gasteiger partial charge is 0.0512 e. The van der Waals surface area contributed by atoms with Crippen molar-refractivity contribution in [2.75, 3.05) is 0 Å². The fourth-order valence-electron chi connectivity index (χ4n) is 1.25. The van der Waals surface area contributed by atoms with E-state index in [9.17, 15) is 0 Å². The molecule has 0 aromatic carbocycles. The summed E-state index contributed by atoms with van der Waals surface area (Å²) >= 11 is 0. The Hall–Kier alpha value is -0.890. The number of pyridine rings is 1. The topological polar surface area (TPSA) is 33.1 Å². The molecule has 0 spiro atoms. The predicted octanol–water partition coefficient (Wildman–Crippen LogP) is 2.09. The molecule has 1 unspecified atom stereocenters. The molecule has 72 valence electrons. The second-order valence-corrected chi connectivity index (χ2v) is 3.55. The van der Waals surface area contributed by atoms with Gasteiger partial charge < -0.3 is 5.11 Å². The summed E-state index contributed by atoms with van der Waals surface area (Å²) < 4.78 is 0. The molecule has 0 aliphatic carbocycles. The molecule has 1 aromatic heterocycles. The zero-order valence-corrected chi connectivity index (χ0v) is 8.33. The average molecular weight is 179 g/mol. The van der Waals surface area contributed by atoms with Crippen LogP contribution in [0.4, 0.5) is 0 Å². The molecule has 2 nitrogen and oxygen atoms in total. The maximum absolute atomic E-state index is 9.06. The molecule has 13 heavy (non-hydrogen) atoms. The Kier molecular flexibility index (Phi) is 3.90. The minimum atomic E-state index is -0.182. The molecular formula is C11H17NO. The standard InChI is InChI=1S/C11H17NO/c1-9-6-7-11(8-12-9)5-3-4-10(2)13/h6-8,10,13H,3-5H2,1-2H3. The van der Waals surface area contributed by atoms with Gasteiger partial charge in [-0.3, -0.25) is 4.98 Å². The molecule has 1 heterocycles. The highest BCUT2D eigenvalue weighted by Gasteiger charge is 1.97. The zero-order chi connectivity index (χ0) is 9.68.